The molecule has 0 bridgehead atoms. The van der Waals surface area contributed by atoms with Crippen molar-refractivity contribution in [2.45, 2.75) is 24.7 Å². The van der Waals surface area contributed by atoms with Crippen molar-refractivity contribution in [3.05, 3.63) is 54.1 Å². The fourth-order valence-corrected chi connectivity index (χ4v) is 3.23. The van der Waals surface area contributed by atoms with Gasteiger partial charge in [0.05, 0.1) is 10.6 Å². The smallest absolute Gasteiger partial charge is 0.261 e. The van der Waals surface area contributed by atoms with Gasteiger partial charge in [-0.1, -0.05) is 23.8 Å². The van der Waals surface area contributed by atoms with E-state index in [9.17, 15) is 13.2 Å². The van der Waals surface area contributed by atoms with Crippen LogP contribution in [0.4, 0.5) is 11.4 Å². The molecule has 0 unspecified atom stereocenters. The van der Waals surface area contributed by atoms with Crippen LogP contribution in [0.1, 0.15) is 18.4 Å². The van der Waals surface area contributed by atoms with Crippen LogP contribution in [0.3, 0.4) is 0 Å². The molecule has 0 spiro atoms. The van der Waals surface area contributed by atoms with Gasteiger partial charge in [0.1, 0.15) is 0 Å². The van der Waals surface area contributed by atoms with Gasteiger partial charge in [-0.05, 0) is 50.1 Å². The van der Waals surface area contributed by atoms with Crippen molar-refractivity contribution in [3.63, 3.8) is 0 Å². The number of sulfonamides is 1. The second-order valence-electron chi connectivity index (χ2n) is 5.76. The Morgan fingerprint density at radius 3 is 2.35 bits per heavy atom. The van der Waals surface area contributed by atoms with E-state index in [-0.39, 0.29) is 16.7 Å². The Morgan fingerprint density at radius 1 is 1.04 bits per heavy atom. The van der Waals surface area contributed by atoms with Gasteiger partial charge < -0.3 is 5.32 Å². The molecule has 0 atom stereocenters. The maximum Gasteiger partial charge on any atom is 0.261 e. The topological polar surface area (TPSA) is 75.3 Å². The average Bonchev–Trinajstić information content (AvgIpc) is 3.32. The van der Waals surface area contributed by atoms with Crippen molar-refractivity contribution in [1.29, 1.82) is 0 Å². The highest BCUT2D eigenvalue weighted by Crippen LogP contribution is 2.30. The summed E-state index contributed by atoms with van der Waals surface area (Å²) in [6, 6.07) is 13.3. The van der Waals surface area contributed by atoms with E-state index < -0.39 is 10.0 Å². The number of hydrogen-bond donors (Lipinski definition) is 2. The molecule has 23 heavy (non-hydrogen) atoms. The summed E-state index contributed by atoms with van der Waals surface area (Å²) in [6.45, 7) is 1.90. The molecule has 120 valence electrons. The first-order valence-corrected chi connectivity index (χ1v) is 8.93. The Labute approximate surface area is 135 Å². The minimum Gasteiger partial charge on any atom is -0.326 e. The van der Waals surface area contributed by atoms with Gasteiger partial charge in [0, 0.05) is 11.6 Å². The predicted octanol–water partition coefficient (Wildman–Crippen LogP) is 3.14. The lowest BCUT2D eigenvalue weighted by molar-refractivity contribution is -0.117. The Morgan fingerprint density at radius 2 is 1.70 bits per heavy atom. The van der Waals surface area contributed by atoms with Gasteiger partial charge in [0.2, 0.25) is 5.91 Å². The number of anilines is 2. The highest BCUT2D eigenvalue weighted by molar-refractivity contribution is 7.92. The molecular weight excluding hydrogens is 312 g/mol. The first-order chi connectivity index (χ1) is 10.9. The van der Waals surface area contributed by atoms with Crippen LogP contribution in [0.15, 0.2) is 53.4 Å². The molecule has 0 aromatic heterocycles. The number of carbonyl (C=O) groups is 1. The van der Waals surface area contributed by atoms with Gasteiger partial charge in [-0.25, -0.2) is 8.42 Å². The third-order valence-corrected chi connectivity index (χ3v) is 5.06. The van der Waals surface area contributed by atoms with E-state index >= 15 is 0 Å². The molecule has 2 aromatic rings. The second kappa shape index (κ2) is 6.04. The first kappa shape index (κ1) is 15.6. The normalized spacial score (nSPS) is 14.3. The quantitative estimate of drug-likeness (QED) is 0.884. The number of amides is 1. The van der Waals surface area contributed by atoms with Gasteiger partial charge in [-0.2, -0.15) is 0 Å². The van der Waals surface area contributed by atoms with Crippen molar-refractivity contribution < 1.29 is 13.2 Å². The molecule has 1 aliphatic carbocycles. The standard InChI is InChI=1S/C17H18N2O3S/c1-12-5-9-16(10-6-12)23(21,22)19-15-4-2-3-14(11-15)18-17(20)13-7-8-13/h2-6,9-11,13,19H,7-8H2,1H3,(H,18,20). The van der Waals surface area contributed by atoms with Crippen LogP contribution in [0.25, 0.3) is 0 Å². The molecule has 0 aliphatic heterocycles. The van der Waals surface area contributed by atoms with Gasteiger partial charge >= 0.3 is 0 Å². The molecule has 5 nitrogen and oxygen atoms in total. The van der Waals surface area contributed by atoms with Crippen LogP contribution in [0.2, 0.25) is 0 Å². The van der Waals surface area contributed by atoms with Crippen LogP contribution in [-0.2, 0) is 14.8 Å². The molecule has 3 rings (SSSR count). The van der Waals surface area contributed by atoms with Gasteiger partial charge in [-0.3, -0.25) is 9.52 Å². The molecule has 1 fully saturated rings. The summed E-state index contributed by atoms with van der Waals surface area (Å²) in [5.74, 6) is 0.0893. The number of carbonyl (C=O) groups excluding carboxylic acids is 1. The van der Waals surface area contributed by atoms with E-state index in [4.69, 9.17) is 0 Å². The van der Waals surface area contributed by atoms with Crippen LogP contribution >= 0.6 is 0 Å². The van der Waals surface area contributed by atoms with E-state index in [1.807, 2.05) is 6.92 Å². The molecule has 0 saturated heterocycles. The molecule has 1 saturated carbocycles. The van der Waals surface area contributed by atoms with Crippen LogP contribution in [0, 0.1) is 12.8 Å². The minimum atomic E-state index is -3.64. The van der Waals surface area contributed by atoms with Crippen molar-refractivity contribution >= 4 is 27.3 Å². The number of rotatable bonds is 5. The fraction of sp³-hybridized carbons (Fsp3) is 0.235. The largest absolute Gasteiger partial charge is 0.326 e. The number of nitrogens with one attached hydrogen (secondary N) is 2. The summed E-state index contributed by atoms with van der Waals surface area (Å²) >= 11 is 0. The molecule has 0 radical (unpaired) electrons. The predicted molar refractivity (Wildman–Crippen MR) is 89.8 cm³/mol. The zero-order valence-electron chi connectivity index (χ0n) is 12.7. The number of aryl methyl sites for hydroxylation is 1. The summed E-state index contributed by atoms with van der Waals surface area (Å²) < 4.78 is 27.3. The molecule has 0 heterocycles. The monoisotopic (exact) mass is 330 g/mol. The van der Waals surface area contributed by atoms with Crippen molar-refractivity contribution in [1.82, 2.24) is 0 Å². The summed E-state index contributed by atoms with van der Waals surface area (Å²) in [5, 5.41) is 2.80. The van der Waals surface area contributed by atoms with Gasteiger partial charge in [0.25, 0.3) is 10.0 Å². The zero-order chi connectivity index (χ0) is 16.4. The van der Waals surface area contributed by atoms with Crippen LogP contribution < -0.4 is 10.0 Å². The lowest BCUT2D eigenvalue weighted by Gasteiger charge is -2.10. The third kappa shape index (κ3) is 3.90. The van der Waals surface area contributed by atoms with E-state index in [2.05, 4.69) is 10.0 Å². The lowest BCUT2D eigenvalue weighted by Crippen LogP contribution is -2.15. The summed E-state index contributed by atoms with van der Waals surface area (Å²) in [7, 11) is -3.64. The van der Waals surface area contributed by atoms with Gasteiger partial charge in [0.15, 0.2) is 0 Å². The molecule has 2 aromatic carbocycles. The van der Waals surface area contributed by atoms with Crippen LogP contribution in [0.5, 0.6) is 0 Å². The SMILES string of the molecule is Cc1ccc(S(=O)(=O)Nc2cccc(NC(=O)C3CC3)c2)cc1. The summed E-state index contributed by atoms with van der Waals surface area (Å²) in [4.78, 5) is 12.0. The average molecular weight is 330 g/mol. The van der Waals surface area contributed by atoms with E-state index in [1.54, 1.807) is 48.5 Å². The first-order valence-electron chi connectivity index (χ1n) is 7.44. The van der Waals surface area contributed by atoms with E-state index in [1.165, 1.54) is 0 Å². The number of benzene rings is 2. The second-order valence-corrected chi connectivity index (χ2v) is 7.45. The number of hydrogen-bond acceptors (Lipinski definition) is 3. The summed E-state index contributed by atoms with van der Waals surface area (Å²) in [5.41, 5.74) is 2.00. The maximum atomic E-state index is 12.4. The van der Waals surface area contributed by atoms with E-state index in [0.29, 0.717) is 11.4 Å². The fourth-order valence-electron chi connectivity index (χ4n) is 2.18. The Bertz CT molecular complexity index is 825. The Kier molecular flexibility index (Phi) is 4.09. The highest BCUT2D eigenvalue weighted by Gasteiger charge is 2.29. The highest BCUT2D eigenvalue weighted by atomic mass is 32.2. The van der Waals surface area contributed by atoms with Crippen molar-refractivity contribution in [3.8, 4) is 0 Å². The van der Waals surface area contributed by atoms with Gasteiger partial charge in [-0.15, -0.1) is 0 Å². The Hall–Kier alpha value is -2.34. The van der Waals surface area contributed by atoms with Crippen molar-refractivity contribution in [2.75, 3.05) is 10.0 Å². The van der Waals surface area contributed by atoms with E-state index in [0.717, 1.165) is 18.4 Å². The molecule has 6 heteroatoms. The molecule has 2 N–H and O–H groups in total. The molecule has 1 aliphatic rings. The minimum absolute atomic E-state index is 0.0106. The summed E-state index contributed by atoms with van der Waals surface area (Å²) in [6.07, 6.45) is 1.84. The van der Waals surface area contributed by atoms with Crippen molar-refractivity contribution in [2.24, 2.45) is 5.92 Å². The maximum absolute atomic E-state index is 12.4. The lowest BCUT2D eigenvalue weighted by atomic mass is 10.2. The molecular formula is C17H18N2O3S. The molecule has 1 amide bonds. The van der Waals surface area contributed by atoms with Crippen LogP contribution in [-0.4, -0.2) is 14.3 Å². The third-order valence-electron chi connectivity index (χ3n) is 3.66. The zero-order valence-corrected chi connectivity index (χ0v) is 13.6. The Balaban J connectivity index is 1.76.